The van der Waals surface area contributed by atoms with Crippen molar-refractivity contribution < 1.29 is 50.9 Å². The molecule has 0 fully saturated rings. The lowest BCUT2D eigenvalue weighted by Crippen LogP contribution is -2.23. The van der Waals surface area contributed by atoms with Crippen LogP contribution in [-0.4, -0.2) is 54.6 Å². The van der Waals surface area contributed by atoms with Crippen LogP contribution in [0.5, 0.6) is 0 Å². The summed E-state index contributed by atoms with van der Waals surface area (Å²) in [5, 5.41) is 36.0. The summed E-state index contributed by atoms with van der Waals surface area (Å²) >= 11 is 0. The minimum absolute atomic E-state index is 0.0308. The quantitative estimate of drug-likeness (QED) is 0.0591. The van der Waals surface area contributed by atoms with Crippen LogP contribution in [-0.2, 0) is 12.4 Å². The highest BCUT2D eigenvalue weighted by molar-refractivity contribution is 5.96. The van der Waals surface area contributed by atoms with E-state index in [1.165, 1.54) is 65.6 Å². The Morgan fingerprint density at radius 3 is 1.90 bits per heavy atom. The zero-order valence-corrected chi connectivity index (χ0v) is 30.2. The second-order valence-electron chi connectivity index (χ2n) is 12.6. The van der Waals surface area contributed by atoms with Crippen molar-refractivity contribution in [3.63, 3.8) is 0 Å². The Kier molecular flexibility index (Phi) is 11.4. The van der Waals surface area contributed by atoms with E-state index in [2.05, 4.69) is 31.0 Å². The molecule has 0 aliphatic carbocycles. The summed E-state index contributed by atoms with van der Waals surface area (Å²) in [6, 6.07) is 20.9. The number of aromatic nitrogens is 4. The normalized spacial score (nSPS) is 11.9. The fourth-order valence-corrected chi connectivity index (χ4v) is 5.92. The molecule has 0 aliphatic heterocycles. The summed E-state index contributed by atoms with van der Waals surface area (Å²) in [5.41, 5.74) is 5.30. The molecule has 59 heavy (non-hydrogen) atoms. The van der Waals surface area contributed by atoms with Crippen LogP contribution in [0.4, 0.5) is 32.0 Å². The first kappa shape index (κ1) is 40.9. The molecular weight excluding hydrogens is 786 g/mol. The molecule has 4 aromatic carbocycles. The molecule has 1 amide bonds. The van der Waals surface area contributed by atoms with E-state index in [0.29, 0.717) is 22.5 Å². The number of halogens is 6. The molecule has 300 valence electrons. The predicted molar refractivity (Wildman–Crippen MR) is 201 cm³/mol. The summed E-state index contributed by atoms with van der Waals surface area (Å²) in [6.07, 6.45) is -7.12. The number of nitrogens with one attached hydrogen (secondary N) is 3. The number of pyridine rings is 1. The van der Waals surface area contributed by atoms with E-state index in [1.54, 1.807) is 31.2 Å². The lowest BCUT2D eigenvalue weighted by molar-refractivity contribution is -0.138. The Morgan fingerprint density at radius 1 is 0.763 bits per heavy atom. The number of alkyl halides is 6. The number of hydrogen-bond acceptors (Lipinski definition) is 9. The van der Waals surface area contributed by atoms with Gasteiger partial charge in [-0.15, -0.1) is 5.10 Å². The van der Waals surface area contributed by atoms with E-state index >= 15 is 0 Å². The molecule has 0 bridgehead atoms. The Hall–Kier alpha value is -7.70. The maximum absolute atomic E-state index is 13.7. The van der Waals surface area contributed by atoms with Gasteiger partial charge in [0.1, 0.15) is 11.4 Å². The number of aromatic carboxylic acids is 2. The number of nitrogens with zero attached hydrogens (tertiary/aromatic N) is 5. The second kappa shape index (κ2) is 16.4. The molecule has 19 heteroatoms. The maximum atomic E-state index is 13.7. The van der Waals surface area contributed by atoms with Crippen LogP contribution in [0.3, 0.4) is 0 Å². The molecule has 0 atom stereocenters. The van der Waals surface area contributed by atoms with Crippen LogP contribution < -0.4 is 10.6 Å². The van der Waals surface area contributed by atoms with Gasteiger partial charge in [-0.05, 0) is 89.8 Å². The van der Waals surface area contributed by atoms with Crippen molar-refractivity contribution in [1.29, 1.82) is 5.53 Å². The Morgan fingerprint density at radius 2 is 1.34 bits per heavy atom. The van der Waals surface area contributed by atoms with Gasteiger partial charge in [0, 0.05) is 24.0 Å². The minimum Gasteiger partial charge on any atom is -0.478 e. The SMILES string of the molecule is CCNC(=O)c1cc(/C(=C/Nc2cccc(-c3ccc(C(=O)O)c(C(F)(F)F)c3)c2)N=N)nc(-c2cn(-c3cccc(-c4ccc(C(=O)O)c(C(F)(F)F)c4)c3)nn2)c1. The van der Waals surface area contributed by atoms with Crippen molar-refractivity contribution in [2.24, 2.45) is 5.11 Å². The Labute approximate surface area is 329 Å². The van der Waals surface area contributed by atoms with E-state index in [9.17, 15) is 50.9 Å². The molecule has 0 aliphatic rings. The standard InChI is InChI=1S/C40H28F6N8O5/c1-2-48-36(55)25-17-32(34(51-47)19-49-26-7-3-5-21(13-26)23-9-11-28(37(56)57)30(15-23)39(41,42)43)50-33(18-25)35-20-54(53-52-35)27-8-4-6-22(14-27)24-10-12-29(38(58)59)31(16-24)40(44,45)46/h3-20,47,49H,2H2,1H3,(H,48,55)(H,56,57)(H,58,59)/b34-19-,51-47?. The monoisotopic (exact) mass is 814 g/mol. The molecule has 0 radical (unpaired) electrons. The van der Waals surface area contributed by atoms with Gasteiger partial charge in [0.25, 0.3) is 5.91 Å². The number of hydrogen-bond donors (Lipinski definition) is 5. The van der Waals surface area contributed by atoms with E-state index in [0.717, 1.165) is 24.3 Å². The van der Waals surface area contributed by atoms with E-state index in [4.69, 9.17) is 5.53 Å². The molecule has 0 spiro atoms. The summed E-state index contributed by atoms with van der Waals surface area (Å²) in [4.78, 5) is 40.4. The first-order valence-electron chi connectivity index (χ1n) is 17.1. The van der Waals surface area contributed by atoms with Gasteiger partial charge in [0.05, 0.1) is 45.5 Å². The Bertz CT molecular complexity index is 2660. The number of carboxylic acid groups (broad SMARTS) is 2. The number of carboxylic acids is 2. The van der Waals surface area contributed by atoms with Gasteiger partial charge in [-0.1, -0.05) is 41.6 Å². The molecule has 6 aromatic rings. The van der Waals surface area contributed by atoms with Crippen molar-refractivity contribution >= 4 is 29.2 Å². The molecule has 0 unspecified atom stereocenters. The maximum Gasteiger partial charge on any atom is 0.417 e. The second-order valence-corrected chi connectivity index (χ2v) is 12.6. The topological polar surface area (TPSA) is 196 Å². The van der Waals surface area contributed by atoms with Crippen LogP contribution in [0.1, 0.15) is 54.8 Å². The van der Waals surface area contributed by atoms with Crippen LogP contribution in [0, 0.1) is 5.53 Å². The first-order chi connectivity index (χ1) is 28.0. The lowest BCUT2D eigenvalue weighted by Gasteiger charge is -2.13. The van der Waals surface area contributed by atoms with E-state index < -0.39 is 52.5 Å². The third-order valence-electron chi connectivity index (χ3n) is 8.69. The average molecular weight is 815 g/mol. The Balaban J connectivity index is 1.32. The van der Waals surface area contributed by atoms with Gasteiger partial charge in [0.2, 0.25) is 0 Å². The lowest BCUT2D eigenvalue weighted by atomic mass is 9.98. The first-order valence-corrected chi connectivity index (χ1v) is 17.1. The molecule has 6 rings (SSSR count). The van der Waals surface area contributed by atoms with Crippen molar-refractivity contribution in [2.45, 2.75) is 19.3 Å². The number of carbonyl (C=O) groups is 3. The molecule has 2 heterocycles. The van der Waals surface area contributed by atoms with Crippen molar-refractivity contribution in [1.82, 2.24) is 25.3 Å². The van der Waals surface area contributed by atoms with Crippen LogP contribution in [0.15, 0.2) is 115 Å². The van der Waals surface area contributed by atoms with Crippen molar-refractivity contribution in [3.05, 3.63) is 143 Å². The molecule has 0 saturated carbocycles. The molecule has 0 saturated heterocycles. The smallest absolute Gasteiger partial charge is 0.417 e. The van der Waals surface area contributed by atoms with Gasteiger partial charge in [-0.3, -0.25) is 4.79 Å². The number of benzene rings is 4. The van der Waals surface area contributed by atoms with Gasteiger partial charge in [0.15, 0.2) is 0 Å². The number of anilines is 1. The van der Waals surface area contributed by atoms with E-state index in [1.807, 2.05) is 0 Å². The summed E-state index contributed by atoms with van der Waals surface area (Å²) < 4.78 is 83.5. The van der Waals surface area contributed by atoms with Crippen molar-refractivity contribution in [3.8, 4) is 39.3 Å². The van der Waals surface area contributed by atoms with Crippen LogP contribution in [0.2, 0.25) is 0 Å². The molecule has 13 nitrogen and oxygen atoms in total. The largest absolute Gasteiger partial charge is 0.478 e. The fraction of sp³-hybridized carbons (Fsp3) is 0.100. The third kappa shape index (κ3) is 9.14. The zero-order valence-electron chi connectivity index (χ0n) is 30.2. The molecule has 5 N–H and O–H groups in total. The highest BCUT2D eigenvalue weighted by Crippen LogP contribution is 2.37. The van der Waals surface area contributed by atoms with Gasteiger partial charge in [-0.2, -0.15) is 31.5 Å². The summed E-state index contributed by atoms with van der Waals surface area (Å²) in [6.45, 7) is 1.98. The zero-order chi connectivity index (χ0) is 42.6. The predicted octanol–water partition coefficient (Wildman–Crippen LogP) is 9.29. The number of amides is 1. The van der Waals surface area contributed by atoms with Gasteiger partial charge in [-0.25, -0.2) is 24.8 Å². The third-order valence-corrected chi connectivity index (χ3v) is 8.69. The summed E-state index contributed by atoms with van der Waals surface area (Å²) in [5.74, 6) is -3.95. The highest BCUT2D eigenvalue weighted by atomic mass is 19.4. The summed E-state index contributed by atoms with van der Waals surface area (Å²) in [7, 11) is 0. The average Bonchev–Trinajstić information content (AvgIpc) is 3.71. The minimum atomic E-state index is -4.92. The fourth-order valence-electron chi connectivity index (χ4n) is 5.92. The number of rotatable bonds is 12. The van der Waals surface area contributed by atoms with Crippen LogP contribution in [0.25, 0.3) is 45.0 Å². The number of carbonyl (C=O) groups excluding carboxylic acids is 1. The van der Waals surface area contributed by atoms with Crippen LogP contribution >= 0.6 is 0 Å². The van der Waals surface area contributed by atoms with Gasteiger partial charge < -0.3 is 20.8 Å². The van der Waals surface area contributed by atoms with Gasteiger partial charge >= 0.3 is 24.3 Å². The van der Waals surface area contributed by atoms with Crippen molar-refractivity contribution in [2.75, 3.05) is 11.9 Å². The highest BCUT2D eigenvalue weighted by Gasteiger charge is 2.36. The van der Waals surface area contributed by atoms with E-state index in [-0.39, 0.29) is 46.0 Å². The molecular formula is C40H28F6N8O5. The molecule has 2 aromatic heterocycles.